The second-order valence-electron chi connectivity index (χ2n) is 6.68. The van der Waals surface area contributed by atoms with Gasteiger partial charge in [-0.1, -0.05) is 25.1 Å². The Kier molecular flexibility index (Phi) is 4.40. The van der Waals surface area contributed by atoms with Crippen molar-refractivity contribution in [1.82, 2.24) is 4.98 Å². The lowest BCUT2D eigenvalue weighted by atomic mass is 9.91. The van der Waals surface area contributed by atoms with E-state index in [0.29, 0.717) is 24.7 Å². The zero-order chi connectivity index (χ0) is 17.2. The van der Waals surface area contributed by atoms with Gasteiger partial charge >= 0.3 is 0 Å². The van der Waals surface area contributed by atoms with E-state index in [-0.39, 0.29) is 5.91 Å². The van der Waals surface area contributed by atoms with Gasteiger partial charge in [-0.3, -0.25) is 4.79 Å². The van der Waals surface area contributed by atoms with E-state index in [0.717, 1.165) is 37.6 Å². The van der Waals surface area contributed by atoms with Crippen molar-refractivity contribution in [1.29, 1.82) is 0 Å². The summed E-state index contributed by atoms with van der Waals surface area (Å²) in [5.74, 6) is 1.29. The Labute approximate surface area is 148 Å². The molecule has 0 aliphatic carbocycles. The fourth-order valence-electron chi connectivity index (χ4n) is 3.70. The van der Waals surface area contributed by atoms with Gasteiger partial charge in [0.2, 0.25) is 0 Å². The minimum atomic E-state index is 0.0361. The number of benzene rings is 1. The van der Waals surface area contributed by atoms with Crippen molar-refractivity contribution in [3.63, 3.8) is 0 Å². The summed E-state index contributed by atoms with van der Waals surface area (Å²) in [6.45, 7) is 5.86. The van der Waals surface area contributed by atoms with Gasteiger partial charge in [0.25, 0.3) is 5.91 Å². The highest BCUT2D eigenvalue weighted by molar-refractivity contribution is 6.09. The molecule has 0 saturated carbocycles. The molecule has 1 amide bonds. The Morgan fingerprint density at radius 2 is 1.92 bits per heavy atom. The molecular weight excluding hydrogens is 314 g/mol. The van der Waals surface area contributed by atoms with Crippen LogP contribution < -0.4 is 9.80 Å². The normalized spacial score (nSPS) is 20.3. The van der Waals surface area contributed by atoms with Gasteiger partial charge in [0.1, 0.15) is 5.82 Å². The van der Waals surface area contributed by atoms with Crippen LogP contribution in [0.5, 0.6) is 0 Å². The third kappa shape index (κ3) is 3.00. The van der Waals surface area contributed by atoms with Crippen molar-refractivity contribution in [3.8, 4) is 0 Å². The molecule has 0 radical (unpaired) electrons. The number of hydrogen-bond donors (Lipinski definition) is 0. The van der Waals surface area contributed by atoms with Crippen molar-refractivity contribution in [2.75, 3.05) is 42.6 Å². The number of anilines is 2. The van der Waals surface area contributed by atoms with Crippen molar-refractivity contribution < 1.29 is 9.53 Å². The first-order valence-corrected chi connectivity index (χ1v) is 8.94. The highest BCUT2D eigenvalue weighted by atomic mass is 16.5. The first-order valence-electron chi connectivity index (χ1n) is 8.94. The molecule has 2 aliphatic heterocycles. The predicted molar refractivity (Wildman–Crippen MR) is 98.4 cm³/mol. The van der Waals surface area contributed by atoms with Gasteiger partial charge in [-0.25, -0.2) is 4.98 Å². The SMILES string of the molecule is C[C@H]1CCN(C(=O)c2cccnc2N2CCOCC2)c2ccccc21. The minimum Gasteiger partial charge on any atom is -0.378 e. The van der Waals surface area contributed by atoms with E-state index < -0.39 is 0 Å². The molecule has 130 valence electrons. The molecule has 1 fully saturated rings. The number of hydrogen-bond acceptors (Lipinski definition) is 4. The molecule has 0 N–H and O–H groups in total. The van der Waals surface area contributed by atoms with E-state index in [1.54, 1.807) is 6.20 Å². The fourth-order valence-corrected chi connectivity index (χ4v) is 3.70. The zero-order valence-electron chi connectivity index (χ0n) is 14.5. The van der Waals surface area contributed by atoms with E-state index in [1.165, 1.54) is 5.56 Å². The maximum Gasteiger partial charge on any atom is 0.262 e. The second-order valence-corrected chi connectivity index (χ2v) is 6.68. The van der Waals surface area contributed by atoms with Gasteiger partial charge < -0.3 is 14.5 Å². The Bertz CT molecular complexity index is 771. The monoisotopic (exact) mass is 337 g/mol. The summed E-state index contributed by atoms with van der Waals surface area (Å²) >= 11 is 0. The van der Waals surface area contributed by atoms with Crippen LogP contribution in [0.2, 0.25) is 0 Å². The summed E-state index contributed by atoms with van der Waals surface area (Å²) in [5, 5.41) is 0. The number of amides is 1. The topological polar surface area (TPSA) is 45.7 Å². The standard InChI is InChI=1S/C20H23N3O2/c1-15-8-10-23(18-7-3-2-5-16(15)18)20(24)17-6-4-9-21-19(17)22-11-13-25-14-12-22/h2-7,9,15H,8,10-14H2,1H3/t15-/m0/s1. The Balaban J connectivity index is 1.69. The van der Waals surface area contributed by atoms with E-state index in [1.807, 2.05) is 35.2 Å². The maximum atomic E-state index is 13.4. The molecule has 5 heteroatoms. The number of para-hydroxylation sites is 1. The van der Waals surface area contributed by atoms with Crippen LogP contribution in [0.4, 0.5) is 11.5 Å². The quantitative estimate of drug-likeness (QED) is 0.845. The molecule has 1 saturated heterocycles. The second kappa shape index (κ2) is 6.84. The molecule has 0 unspecified atom stereocenters. The van der Waals surface area contributed by atoms with E-state index in [2.05, 4.69) is 22.9 Å². The first kappa shape index (κ1) is 16.1. The summed E-state index contributed by atoms with van der Waals surface area (Å²) < 4.78 is 5.43. The molecule has 4 rings (SSSR count). The van der Waals surface area contributed by atoms with Crippen LogP contribution in [-0.4, -0.2) is 43.7 Å². The van der Waals surface area contributed by atoms with Gasteiger partial charge in [-0.15, -0.1) is 0 Å². The molecule has 1 aromatic carbocycles. The number of rotatable bonds is 2. The van der Waals surface area contributed by atoms with Gasteiger partial charge in [0.15, 0.2) is 0 Å². The minimum absolute atomic E-state index is 0.0361. The van der Waals surface area contributed by atoms with Crippen LogP contribution in [0.25, 0.3) is 0 Å². The van der Waals surface area contributed by atoms with Crippen LogP contribution in [0.3, 0.4) is 0 Å². The molecule has 1 aromatic heterocycles. The lowest BCUT2D eigenvalue weighted by molar-refractivity contribution is 0.0982. The lowest BCUT2D eigenvalue weighted by Gasteiger charge is -2.34. The Hall–Kier alpha value is -2.40. The number of morpholine rings is 1. The zero-order valence-corrected chi connectivity index (χ0v) is 14.5. The third-order valence-corrected chi connectivity index (χ3v) is 5.12. The van der Waals surface area contributed by atoms with Crippen molar-refractivity contribution >= 4 is 17.4 Å². The largest absolute Gasteiger partial charge is 0.378 e. The molecule has 2 aromatic rings. The summed E-state index contributed by atoms with van der Waals surface area (Å²) in [6.07, 6.45) is 2.74. The van der Waals surface area contributed by atoms with Crippen LogP contribution >= 0.6 is 0 Å². The highest BCUT2D eigenvalue weighted by Gasteiger charge is 2.29. The van der Waals surface area contributed by atoms with Crippen LogP contribution in [0.15, 0.2) is 42.6 Å². The average molecular weight is 337 g/mol. The fraction of sp³-hybridized carbons (Fsp3) is 0.400. The smallest absolute Gasteiger partial charge is 0.262 e. The van der Waals surface area contributed by atoms with Crippen LogP contribution in [-0.2, 0) is 4.74 Å². The highest BCUT2D eigenvalue weighted by Crippen LogP contribution is 2.36. The molecule has 0 bridgehead atoms. The number of carbonyl (C=O) groups excluding carboxylic acids is 1. The van der Waals surface area contributed by atoms with E-state index in [9.17, 15) is 4.79 Å². The number of ether oxygens (including phenoxy) is 1. The lowest BCUT2D eigenvalue weighted by Crippen LogP contribution is -2.40. The number of fused-ring (bicyclic) bond motifs is 1. The van der Waals surface area contributed by atoms with Crippen LogP contribution in [0.1, 0.15) is 35.2 Å². The summed E-state index contributed by atoms with van der Waals surface area (Å²) in [4.78, 5) is 21.9. The van der Waals surface area contributed by atoms with Crippen molar-refractivity contribution in [2.24, 2.45) is 0 Å². The van der Waals surface area contributed by atoms with Gasteiger partial charge in [0.05, 0.1) is 18.8 Å². The number of aromatic nitrogens is 1. The molecule has 2 aliphatic rings. The number of carbonyl (C=O) groups is 1. The first-order chi connectivity index (χ1) is 12.3. The predicted octanol–water partition coefficient (Wildman–Crippen LogP) is 3.07. The van der Waals surface area contributed by atoms with Gasteiger partial charge in [-0.2, -0.15) is 0 Å². The molecule has 0 spiro atoms. The van der Waals surface area contributed by atoms with Crippen LogP contribution in [0, 0.1) is 0 Å². The Morgan fingerprint density at radius 1 is 1.12 bits per heavy atom. The Morgan fingerprint density at radius 3 is 2.76 bits per heavy atom. The summed E-state index contributed by atoms with van der Waals surface area (Å²) in [7, 11) is 0. The van der Waals surface area contributed by atoms with Crippen molar-refractivity contribution in [2.45, 2.75) is 19.3 Å². The molecule has 5 nitrogen and oxygen atoms in total. The number of nitrogens with zero attached hydrogens (tertiary/aromatic N) is 3. The van der Waals surface area contributed by atoms with Gasteiger partial charge in [0, 0.05) is 31.5 Å². The molecule has 25 heavy (non-hydrogen) atoms. The molecular formula is C20H23N3O2. The van der Waals surface area contributed by atoms with Crippen molar-refractivity contribution in [3.05, 3.63) is 53.7 Å². The average Bonchev–Trinajstić information content (AvgIpc) is 2.69. The van der Waals surface area contributed by atoms with Gasteiger partial charge in [-0.05, 0) is 36.1 Å². The molecule has 1 atom stereocenters. The summed E-state index contributed by atoms with van der Waals surface area (Å²) in [5.41, 5.74) is 2.95. The third-order valence-electron chi connectivity index (χ3n) is 5.12. The number of pyridine rings is 1. The molecule has 3 heterocycles. The maximum absolute atomic E-state index is 13.4. The van der Waals surface area contributed by atoms with E-state index >= 15 is 0 Å². The summed E-state index contributed by atoms with van der Waals surface area (Å²) in [6, 6.07) is 12.0. The van der Waals surface area contributed by atoms with E-state index in [4.69, 9.17) is 4.74 Å².